The van der Waals surface area contributed by atoms with Gasteiger partial charge in [0.15, 0.2) is 5.11 Å². The van der Waals surface area contributed by atoms with Gasteiger partial charge in [0.05, 0.1) is 12.0 Å². The van der Waals surface area contributed by atoms with Crippen LogP contribution in [0.1, 0.15) is 45.4 Å². The van der Waals surface area contributed by atoms with Crippen LogP contribution >= 0.6 is 12.2 Å². The Bertz CT molecular complexity index is 653. The van der Waals surface area contributed by atoms with Gasteiger partial charge in [-0.2, -0.15) is 0 Å². The van der Waals surface area contributed by atoms with Crippen molar-refractivity contribution in [1.82, 2.24) is 5.32 Å². The summed E-state index contributed by atoms with van der Waals surface area (Å²) in [6.45, 7) is 2.58. The van der Waals surface area contributed by atoms with Gasteiger partial charge in [0, 0.05) is 11.8 Å². The van der Waals surface area contributed by atoms with Gasteiger partial charge in [-0.3, -0.25) is 4.79 Å². The standard InChI is InChI=1S/C20H26N2O2S/c1-2-24-17-5-3-4-16(9-17)21-19(25)22-18(23)20-10-13-6-14(11-20)8-15(7-13)12-20/h3-5,9,13-15H,2,6-8,10-12H2,1H3,(H2,21,22,23,25). The molecule has 4 bridgehead atoms. The van der Waals surface area contributed by atoms with E-state index in [1.807, 2.05) is 31.2 Å². The van der Waals surface area contributed by atoms with E-state index < -0.39 is 0 Å². The Hall–Kier alpha value is -1.62. The molecule has 0 atom stereocenters. The number of hydrogen-bond acceptors (Lipinski definition) is 3. The second-order valence-corrected chi connectivity index (χ2v) is 8.48. The van der Waals surface area contributed by atoms with E-state index in [9.17, 15) is 4.79 Å². The van der Waals surface area contributed by atoms with Gasteiger partial charge in [-0.1, -0.05) is 6.07 Å². The van der Waals surface area contributed by atoms with E-state index in [0.29, 0.717) is 11.7 Å². The maximum atomic E-state index is 13.0. The molecule has 0 radical (unpaired) electrons. The number of carbonyl (C=O) groups is 1. The van der Waals surface area contributed by atoms with E-state index in [2.05, 4.69) is 10.6 Å². The summed E-state index contributed by atoms with van der Waals surface area (Å²) in [7, 11) is 0. The minimum atomic E-state index is -0.173. The number of benzene rings is 1. The van der Waals surface area contributed by atoms with Crippen LogP contribution in [0, 0.1) is 23.2 Å². The third kappa shape index (κ3) is 3.39. The summed E-state index contributed by atoms with van der Waals surface area (Å²) in [5.74, 6) is 3.18. The maximum absolute atomic E-state index is 13.0. The molecule has 4 aliphatic carbocycles. The largest absolute Gasteiger partial charge is 0.494 e. The number of nitrogens with one attached hydrogen (secondary N) is 2. The van der Waals surface area contributed by atoms with E-state index in [1.54, 1.807) is 0 Å². The first kappa shape index (κ1) is 16.8. The molecule has 1 aromatic carbocycles. The monoisotopic (exact) mass is 358 g/mol. The minimum Gasteiger partial charge on any atom is -0.494 e. The fraction of sp³-hybridized carbons (Fsp3) is 0.600. The first-order valence-electron chi connectivity index (χ1n) is 9.41. The van der Waals surface area contributed by atoms with Crippen molar-refractivity contribution in [1.29, 1.82) is 0 Å². The van der Waals surface area contributed by atoms with Crippen molar-refractivity contribution in [2.75, 3.05) is 11.9 Å². The fourth-order valence-electron chi connectivity index (χ4n) is 5.62. The quantitative estimate of drug-likeness (QED) is 0.795. The van der Waals surface area contributed by atoms with Gasteiger partial charge in [0.2, 0.25) is 5.91 Å². The van der Waals surface area contributed by atoms with Gasteiger partial charge >= 0.3 is 0 Å². The summed E-state index contributed by atoms with van der Waals surface area (Å²) in [4.78, 5) is 13.0. The molecular formula is C20H26N2O2S. The van der Waals surface area contributed by atoms with E-state index in [-0.39, 0.29) is 11.3 Å². The second kappa shape index (κ2) is 6.60. The number of rotatable bonds is 4. The molecule has 0 unspecified atom stereocenters. The lowest BCUT2D eigenvalue weighted by atomic mass is 9.49. The molecule has 1 amide bonds. The summed E-state index contributed by atoms with van der Waals surface area (Å²) in [5.41, 5.74) is 0.662. The molecule has 0 aliphatic heterocycles. The van der Waals surface area contributed by atoms with Crippen LogP contribution in [-0.4, -0.2) is 17.6 Å². The average molecular weight is 359 g/mol. The van der Waals surface area contributed by atoms with Gasteiger partial charge in [0.25, 0.3) is 0 Å². The van der Waals surface area contributed by atoms with Gasteiger partial charge in [0.1, 0.15) is 5.75 Å². The Labute approximate surface area is 154 Å². The molecule has 0 spiro atoms. The summed E-state index contributed by atoms with van der Waals surface area (Å²) in [6.07, 6.45) is 7.14. The molecule has 0 saturated heterocycles. The number of amides is 1. The Morgan fingerprint density at radius 2 is 1.84 bits per heavy atom. The number of thiocarbonyl (C=S) groups is 1. The topological polar surface area (TPSA) is 50.4 Å². The SMILES string of the molecule is CCOc1cccc(NC(=S)NC(=O)C23CC4CC(CC(C4)C2)C3)c1. The Morgan fingerprint density at radius 3 is 2.44 bits per heavy atom. The summed E-state index contributed by atoms with van der Waals surface area (Å²) in [5, 5.41) is 6.48. The lowest BCUT2D eigenvalue weighted by Crippen LogP contribution is -2.55. The van der Waals surface area contributed by atoms with Crippen molar-refractivity contribution >= 4 is 28.9 Å². The molecule has 4 saturated carbocycles. The summed E-state index contributed by atoms with van der Waals surface area (Å²) < 4.78 is 5.50. The zero-order valence-electron chi connectivity index (χ0n) is 14.7. The van der Waals surface area contributed by atoms with Crippen LogP contribution in [0.4, 0.5) is 5.69 Å². The zero-order chi connectivity index (χ0) is 17.4. The highest BCUT2D eigenvalue weighted by atomic mass is 32.1. The number of carbonyl (C=O) groups excluding carboxylic acids is 1. The first-order valence-corrected chi connectivity index (χ1v) is 9.82. The summed E-state index contributed by atoms with van der Waals surface area (Å²) >= 11 is 5.39. The fourth-order valence-corrected chi connectivity index (χ4v) is 5.83. The van der Waals surface area contributed by atoms with Gasteiger partial charge in [-0.05, 0) is 87.6 Å². The van der Waals surface area contributed by atoms with Gasteiger partial charge in [-0.25, -0.2) is 0 Å². The van der Waals surface area contributed by atoms with E-state index in [4.69, 9.17) is 17.0 Å². The lowest BCUT2D eigenvalue weighted by molar-refractivity contribution is -0.144. The number of ether oxygens (including phenoxy) is 1. The van der Waals surface area contributed by atoms with Crippen LogP contribution in [-0.2, 0) is 4.79 Å². The van der Waals surface area contributed by atoms with Crippen molar-refractivity contribution in [3.8, 4) is 5.75 Å². The predicted molar refractivity (Wildman–Crippen MR) is 103 cm³/mol. The van der Waals surface area contributed by atoms with Crippen molar-refractivity contribution in [3.05, 3.63) is 24.3 Å². The molecule has 25 heavy (non-hydrogen) atoms. The molecule has 134 valence electrons. The Kier molecular flexibility index (Phi) is 4.44. The van der Waals surface area contributed by atoms with Crippen LogP contribution in [0.25, 0.3) is 0 Å². The Morgan fingerprint density at radius 1 is 1.20 bits per heavy atom. The van der Waals surface area contributed by atoms with Crippen LogP contribution in [0.5, 0.6) is 5.75 Å². The molecule has 1 aromatic rings. The van der Waals surface area contributed by atoms with Crippen LogP contribution in [0.15, 0.2) is 24.3 Å². The normalized spacial score (nSPS) is 32.3. The highest BCUT2D eigenvalue weighted by Crippen LogP contribution is 2.60. The van der Waals surface area contributed by atoms with E-state index in [1.165, 1.54) is 19.3 Å². The van der Waals surface area contributed by atoms with Crippen molar-refractivity contribution in [2.24, 2.45) is 23.2 Å². The average Bonchev–Trinajstić information content (AvgIpc) is 2.54. The van der Waals surface area contributed by atoms with Crippen molar-refractivity contribution < 1.29 is 9.53 Å². The molecule has 5 heteroatoms. The first-order chi connectivity index (χ1) is 12.1. The van der Waals surface area contributed by atoms with Crippen LogP contribution in [0.2, 0.25) is 0 Å². The lowest BCUT2D eigenvalue weighted by Gasteiger charge is -2.55. The highest BCUT2D eigenvalue weighted by molar-refractivity contribution is 7.80. The smallest absolute Gasteiger partial charge is 0.232 e. The van der Waals surface area contributed by atoms with E-state index in [0.717, 1.165) is 48.5 Å². The molecule has 4 fully saturated rings. The zero-order valence-corrected chi connectivity index (χ0v) is 15.5. The van der Waals surface area contributed by atoms with Gasteiger partial charge < -0.3 is 15.4 Å². The number of hydrogen-bond donors (Lipinski definition) is 2. The van der Waals surface area contributed by atoms with Gasteiger partial charge in [-0.15, -0.1) is 0 Å². The Balaban J connectivity index is 1.39. The summed E-state index contributed by atoms with van der Waals surface area (Å²) in [6, 6.07) is 7.64. The molecular weight excluding hydrogens is 332 g/mol. The third-order valence-corrected chi connectivity index (χ3v) is 6.35. The molecule has 4 nitrogen and oxygen atoms in total. The molecule has 5 rings (SSSR count). The molecule has 4 aliphatic rings. The van der Waals surface area contributed by atoms with Crippen molar-refractivity contribution in [2.45, 2.75) is 45.4 Å². The van der Waals surface area contributed by atoms with Crippen molar-refractivity contribution in [3.63, 3.8) is 0 Å². The third-order valence-electron chi connectivity index (χ3n) is 6.15. The maximum Gasteiger partial charge on any atom is 0.232 e. The minimum absolute atomic E-state index is 0.130. The van der Waals surface area contributed by atoms with Crippen LogP contribution in [0.3, 0.4) is 0 Å². The molecule has 0 aromatic heterocycles. The molecule has 2 N–H and O–H groups in total. The highest BCUT2D eigenvalue weighted by Gasteiger charge is 2.54. The second-order valence-electron chi connectivity index (χ2n) is 8.07. The molecule has 0 heterocycles. The predicted octanol–water partition coefficient (Wildman–Crippen LogP) is 4.11. The number of anilines is 1. The van der Waals surface area contributed by atoms with E-state index >= 15 is 0 Å². The van der Waals surface area contributed by atoms with Crippen LogP contribution < -0.4 is 15.4 Å².